The quantitative estimate of drug-likeness (QED) is 0.603. The zero-order chi connectivity index (χ0) is 22.1. The summed E-state index contributed by atoms with van der Waals surface area (Å²) in [7, 11) is 1.60. The maximum Gasteiger partial charge on any atom is 0.262 e. The molecule has 166 valence electrons. The number of rotatable bonds is 9. The number of methoxy groups -OCH3 is 1. The summed E-state index contributed by atoms with van der Waals surface area (Å²) in [5.74, 6) is 0.861. The minimum Gasteiger partial charge on any atom is -0.484 e. The number of anilines is 2. The molecular weight excluding hydrogens is 394 g/mol. The minimum atomic E-state index is -0.283. The molecule has 2 aromatic carbocycles. The summed E-state index contributed by atoms with van der Waals surface area (Å²) >= 11 is 0. The Balaban J connectivity index is 1.71. The Morgan fingerprint density at radius 2 is 1.84 bits per heavy atom. The summed E-state index contributed by atoms with van der Waals surface area (Å²) < 4.78 is 10.5. The topological polar surface area (TPSA) is 79.9 Å². The number of para-hydroxylation sites is 1. The molecule has 2 N–H and O–H groups in total. The molecule has 2 amide bonds. The SMILES string of the molecule is COCCNC(=O)c1cc(NC(=O)COc2ccccc2)ccc1N1CCC(C)CC1. The van der Waals surface area contributed by atoms with Crippen molar-refractivity contribution in [1.82, 2.24) is 5.32 Å². The van der Waals surface area contributed by atoms with Gasteiger partial charge in [0, 0.05) is 38.1 Å². The van der Waals surface area contributed by atoms with E-state index in [1.54, 1.807) is 25.3 Å². The molecule has 1 aliphatic heterocycles. The van der Waals surface area contributed by atoms with Gasteiger partial charge in [-0.05, 0) is 49.1 Å². The van der Waals surface area contributed by atoms with Gasteiger partial charge in [-0.2, -0.15) is 0 Å². The molecule has 0 aliphatic carbocycles. The number of ether oxygens (including phenoxy) is 2. The lowest BCUT2D eigenvalue weighted by Gasteiger charge is -2.33. The Morgan fingerprint density at radius 1 is 1.10 bits per heavy atom. The van der Waals surface area contributed by atoms with Gasteiger partial charge < -0.3 is 25.0 Å². The van der Waals surface area contributed by atoms with Crippen LogP contribution in [0.1, 0.15) is 30.1 Å². The van der Waals surface area contributed by atoms with Crippen LogP contribution in [0.3, 0.4) is 0 Å². The van der Waals surface area contributed by atoms with Crippen molar-refractivity contribution in [1.29, 1.82) is 0 Å². The van der Waals surface area contributed by atoms with E-state index < -0.39 is 0 Å². The van der Waals surface area contributed by atoms with Crippen LogP contribution >= 0.6 is 0 Å². The molecule has 1 aliphatic rings. The monoisotopic (exact) mass is 425 g/mol. The third-order valence-electron chi connectivity index (χ3n) is 5.35. The first-order chi connectivity index (χ1) is 15.1. The van der Waals surface area contributed by atoms with Gasteiger partial charge in [0.2, 0.25) is 0 Å². The molecule has 0 atom stereocenters. The lowest BCUT2D eigenvalue weighted by molar-refractivity contribution is -0.118. The maximum atomic E-state index is 12.9. The van der Waals surface area contributed by atoms with Crippen molar-refractivity contribution in [3.8, 4) is 5.75 Å². The molecule has 0 bridgehead atoms. The van der Waals surface area contributed by atoms with Crippen LogP contribution in [0.25, 0.3) is 0 Å². The van der Waals surface area contributed by atoms with Crippen LogP contribution in [0.15, 0.2) is 48.5 Å². The van der Waals surface area contributed by atoms with Gasteiger partial charge in [0.05, 0.1) is 12.2 Å². The molecule has 0 unspecified atom stereocenters. The molecule has 1 heterocycles. The Hall–Kier alpha value is -3.06. The summed E-state index contributed by atoms with van der Waals surface area (Å²) in [5, 5.41) is 5.71. The molecule has 2 aromatic rings. The van der Waals surface area contributed by atoms with E-state index in [0.717, 1.165) is 31.6 Å². The van der Waals surface area contributed by atoms with E-state index in [2.05, 4.69) is 22.5 Å². The fourth-order valence-corrected chi connectivity index (χ4v) is 3.55. The van der Waals surface area contributed by atoms with E-state index >= 15 is 0 Å². The third kappa shape index (κ3) is 6.72. The summed E-state index contributed by atoms with van der Waals surface area (Å²) in [6.45, 7) is 4.84. The number of carbonyl (C=O) groups is 2. The largest absolute Gasteiger partial charge is 0.484 e. The predicted molar refractivity (Wildman–Crippen MR) is 122 cm³/mol. The normalized spacial score (nSPS) is 14.2. The van der Waals surface area contributed by atoms with Crippen molar-refractivity contribution in [2.75, 3.05) is 50.2 Å². The first-order valence-electron chi connectivity index (χ1n) is 10.7. The maximum absolute atomic E-state index is 12.9. The van der Waals surface area contributed by atoms with Gasteiger partial charge in [0.25, 0.3) is 11.8 Å². The summed E-state index contributed by atoms with van der Waals surface area (Å²) in [5.41, 5.74) is 2.00. The molecule has 7 heteroatoms. The molecule has 0 saturated carbocycles. The average Bonchev–Trinajstić information content (AvgIpc) is 2.79. The number of nitrogens with zero attached hydrogens (tertiary/aromatic N) is 1. The van der Waals surface area contributed by atoms with Crippen molar-refractivity contribution in [2.24, 2.45) is 5.92 Å². The molecular formula is C24H31N3O4. The van der Waals surface area contributed by atoms with Gasteiger partial charge in [0.15, 0.2) is 6.61 Å². The van der Waals surface area contributed by atoms with Gasteiger partial charge >= 0.3 is 0 Å². The molecule has 0 aromatic heterocycles. The highest BCUT2D eigenvalue weighted by atomic mass is 16.5. The summed E-state index contributed by atoms with van der Waals surface area (Å²) in [4.78, 5) is 27.4. The standard InChI is InChI=1S/C24H31N3O4/c1-18-10-13-27(14-11-18)22-9-8-19(16-21(22)24(29)25-12-15-30-2)26-23(28)17-31-20-6-4-3-5-7-20/h3-9,16,18H,10-15,17H2,1-2H3,(H,25,29)(H,26,28). The molecule has 1 fully saturated rings. The Labute approximate surface area is 183 Å². The van der Waals surface area contributed by atoms with E-state index in [-0.39, 0.29) is 18.4 Å². The zero-order valence-electron chi connectivity index (χ0n) is 18.2. The smallest absolute Gasteiger partial charge is 0.262 e. The van der Waals surface area contributed by atoms with E-state index in [0.29, 0.717) is 36.1 Å². The highest BCUT2D eigenvalue weighted by Crippen LogP contribution is 2.28. The van der Waals surface area contributed by atoms with Crippen molar-refractivity contribution >= 4 is 23.2 Å². The zero-order valence-corrected chi connectivity index (χ0v) is 18.2. The lowest BCUT2D eigenvalue weighted by atomic mass is 9.98. The first kappa shape index (κ1) is 22.6. The third-order valence-corrected chi connectivity index (χ3v) is 5.35. The molecule has 0 radical (unpaired) electrons. The first-order valence-corrected chi connectivity index (χ1v) is 10.7. The number of nitrogens with one attached hydrogen (secondary N) is 2. The van der Waals surface area contributed by atoms with Crippen molar-refractivity contribution in [3.05, 3.63) is 54.1 Å². The summed E-state index contributed by atoms with van der Waals surface area (Å²) in [6.07, 6.45) is 2.19. The van der Waals surface area contributed by atoms with Crippen LogP contribution in [-0.2, 0) is 9.53 Å². The highest BCUT2D eigenvalue weighted by Gasteiger charge is 2.22. The number of hydrogen-bond acceptors (Lipinski definition) is 5. The van der Waals surface area contributed by atoms with Crippen LogP contribution < -0.4 is 20.3 Å². The molecule has 3 rings (SSSR count). The molecule has 1 saturated heterocycles. The van der Waals surface area contributed by atoms with Gasteiger partial charge in [-0.1, -0.05) is 25.1 Å². The number of amides is 2. The van der Waals surface area contributed by atoms with Crippen LogP contribution in [-0.4, -0.2) is 51.8 Å². The Morgan fingerprint density at radius 3 is 2.55 bits per heavy atom. The number of benzene rings is 2. The fraction of sp³-hybridized carbons (Fsp3) is 0.417. The number of carbonyl (C=O) groups excluding carboxylic acids is 2. The van der Waals surface area contributed by atoms with Gasteiger partial charge in [-0.3, -0.25) is 9.59 Å². The van der Waals surface area contributed by atoms with Gasteiger partial charge in [-0.25, -0.2) is 0 Å². The molecule has 31 heavy (non-hydrogen) atoms. The van der Waals surface area contributed by atoms with E-state index in [1.807, 2.05) is 30.3 Å². The average molecular weight is 426 g/mol. The van der Waals surface area contributed by atoms with E-state index in [1.165, 1.54) is 0 Å². The van der Waals surface area contributed by atoms with Gasteiger partial charge in [0.1, 0.15) is 5.75 Å². The second-order valence-electron chi connectivity index (χ2n) is 7.80. The van der Waals surface area contributed by atoms with Crippen LogP contribution in [0.4, 0.5) is 11.4 Å². The summed E-state index contributed by atoms with van der Waals surface area (Å²) in [6, 6.07) is 14.7. The van der Waals surface area contributed by atoms with Crippen molar-refractivity contribution < 1.29 is 19.1 Å². The Bertz CT molecular complexity index is 864. The van der Waals surface area contributed by atoms with Crippen LogP contribution in [0, 0.1) is 5.92 Å². The van der Waals surface area contributed by atoms with Crippen LogP contribution in [0.2, 0.25) is 0 Å². The van der Waals surface area contributed by atoms with Crippen molar-refractivity contribution in [2.45, 2.75) is 19.8 Å². The predicted octanol–water partition coefficient (Wildman–Crippen LogP) is 3.32. The van der Waals surface area contributed by atoms with E-state index in [4.69, 9.17) is 9.47 Å². The second kappa shape index (κ2) is 11.4. The van der Waals surface area contributed by atoms with Gasteiger partial charge in [-0.15, -0.1) is 0 Å². The van der Waals surface area contributed by atoms with E-state index in [9.17, 15) is 9.59 Å². The minimum absolute atomic E-state index is 0.106. The number of piperidine rings is 1. The highest BCUT2D eigenvalue weighted by molar-refractivity contribution is 6.02. The lowest BCUT2D eigenvalue weighted by Crippen LogP contribution is -2.35. The molecule has 0 spiro atoms. The fourth-order valence-electron chi connectivity index (χ4n) is 3.55. The number of hydrogen-bond donors (Lipinski definition) is 2. The second-order valence-corrected chi connectivity index (χ2v) is 7.80. The molecule has 7 nitrogen and oxygen atoms in total. The van der Waals surface area contributed by atoms with Crippen LogP contribution in [0.5, 0.6) is 5.75 Å². The van der Waals surface area contributed by atoms with Crippen molar-refractivity contribution in [3.63, 3.8) is 0 Å². The Kier molecular flexibility index (Phi) is 8.29.